The van der Waals surface area contributed by atoms with Crippen LogP contribution in [0.5, 0.6) is 0 Å². The van der Waals surface area contributed by atoms with Crippen LogP contribution in [0.15, 0.2) is 0 Å². The summed E-state index contributed by atoms with van der Waals surface area (Å²) in [5.41, 5.74) is 0. The van der Waals surface area contributed by atoms with Gasteiger partial charge < -0.3 is 19.1 Å². The quantitative estimate of drug-likeness (QED) is 0.584. The SMILES string of the molecule is COCCN(CCC(=O)OC)CC1CCOC1. The molecule has 5 nitrogen and oxygen atoms in total. The summed E-state index contributed by atoms with van der Waals surface area (Å²) in [7, 11) is 3.11. The van der Waals surface area contributed by atoms with Gasteiger partial charge in [-0.15, -0.1) is 0 Å². The smallest absolute Gasteiger partial charge is 0.306 e. The highest BCUT2D eigenvalue weighted by molar-refractivity contribution is 5.69. The highest BCUT2D eigenvalue weighted by Crippen LogP contribution is 2.14. The second-order valence-electron chi connectivity index (χ2n) is 4.35. The monoisotopic (exact) mass is 245 g/mol. The van der Waals surface area contributed by atoms with E-state index in [1.165, 1.54) is 7.11 Å². The molecule has 0 bridgehead atoms. The summed E-state index contributed by atoms with van der Waals surface area (Å²) in [6.07, 6.45) is 1.55. The Labute approximate surface area is 103 Å². The zero-order chi connectivity index (χ0) is 12.5. The fourth-order valence-electron chi connectivity index (χ4n) is 1.96. The Morgan fingerprint density at radius 1 is 1.41 bits per heavy atom. The van der Waals surface area contributed by atoms with Crippen molar-refractivity contribution in [2.45, 2.75) is 12.8 Å². The van der Waals surface area contributed by atoms with Gasteiger partial charge in [0.15, 0.2) is 0 Å². The van der Waals surface area contributed by atoms with Crippen LogP contribution in [0.1, 0.15) is 12.8 Å². The minimum absolute atomic E-state index is 0.157. The summed E-state index contributed by atoms with van der Waals surface area (Å²) >= 11 is 0. The molecule has 1 heterocycles. The van der Waals surface area contributed by atoms with Crippen LogP contribution in [0.4, 0.5) is 0 Å². The molecule has 0 saturated carbocycles. The van der Waals surface area contributed by atoms with Crippen LogP contribution >= 0.6 is 0 Å². The molecule has 100 valence electrons. The Hall–Kier alpha value is -0.650. The lowest BCUT2D eigenvalue weighted by molar-refractivity contribution is -0.141. The Bertz CT molecular complexity index is 217. The summed E-state index contributed by atoms with van der Waals surface area (Å²) in [6, 6.07) is 0. The van der Waals surface area contributed by atoms with Gasteiger partial charge in [-0.05, 0) is 12.3 Å². The first-order valence-corrected chi connectivity index (χ1v) is 6.12. The molecule has 0 radical (unpaired) electrons. The molecular formula is C12H23NO4. The molecule has 1 fully saturated rings. The molecule has 1 unspecified atom stereocenters. The van der Waals surface area contributed by atoms with Crippen LogP contribution in [0.2, 0.25) is 0 Å². The summed E-state index contributed by atoms with van der Waals surface area (Å²) < 4.78 is 15.1. The van der Waals surface area contributed by atoms with E-state index in [2.05, 4.69) is 9.64 Å². The van der Waals surface area contributed by atoms with Crippen LogP contribution < -0.4 is 0 Å². The molecule has 1 saturated heterocycles. The maximum atomic E-state index is 11.1. The zero-order valence-electron chi connectivity index (χ0n) is 10.8. The van der Waals surface area contributed by atoms with E-state index < -0.39 is 0 Å². The molecule has 0 amide bonds. The van der Waals surface area contributed by atoms with Gasteiger partial charge in [-0.2, -0.15) is 0 Å². The van der Waals surface area contributed by atoms with E-state index in [-0.39, 0.29) is 5.97 Å². The fraction of sp³-hybridized carbons (Fsp3) is 0.917. The molecule has 0 aromatic rings. The van der Waals surface area contributed by atoms with Crippen molar-refractivity contribution in [2.75, 3.05) is 53.7 Å². The van der Waals surface area contributed by atoms with E-state index in [4.69, 9.17) is 9.47 Å². The lowest BCUT2D eigenvalue weighted by atomic mass is 10.1. The van der Waals surface area contributed by atoms with Crippen LogP contribution in [0.25, 0.3) is 0 Å². The maximum absolute atomic E-state index is 11.1. The van der Waals surface area contributed by atoms with Crippen LogP contribution in [0.3, 0.4) is 0 Å². The number of carbonyl (C=O) groups excluding carboxylic acids is 1. The molecule has 17 heavy (non-hydrogen) atoms. The van der Waals surface area contributed by atoms with E-state index in [0.29, 0.717) is 18.9 Å². The van der Waals surface area contributed by atoms with Gasteiger partial charge in [-0.1, -0.05) is 0 Å². The minimum Gasteiger partial charge on any atom is -0.469 e. The first-order valence-electron chi connectivity index (χ1n) is 6.12. The predicted octanol–water partition coefficient (Wildman–Crippen LogP) is 0.534. The van der Waals surface area contributed by atoms with Crippen molar-refractivity contribution >= 4 is 5.97 Å². The lowest BCUT2D eigenvalue weighted by Crippen LogP contribution is -2.34. The second kappa shape index (κ2) is 8.44. The van der Waals surface area contributed by atoms with Crippen molar-refractivity contribution in [3.05, 3.63) is 0 Å². The Kier molecular flexibility index (Phi) is 7.16. The van der Waals surface area contributed by atoms with Crippen molar-refractivity contribution in [3.8, 4) is 0 Å². The average molecular weight is 245 g/mol. The summed E-state index contributed by atoms with van der Waals surface area (Å²) in [5, 5.41) is 0. The standard InChI is InChI=1S/C12H23NO4/c1-15-8-6-13(5-3-12(14)16-2)9-11-4-7-17-10-11/h11H,3-10H2,1-2H3. The van der Waals surface area contributed by atoms with Crippen molar-refractivity contribution in [3.63, 3.8) is 0 Å². The van der Waals surface area contributed by atoms with Crippen molar-refractivity contribution < 1.29 is 19.0 Å². The number of methoxy groups -OCH3 is 2. The normalized spacial score (nSPS) is 19.8. The Morgan fingerprint density at radius 2 is 2.24 bits per heavy atom. The van der Waals surface area contributed by atoms with Gasteiger partial charge >= 0.3 is 5.97 Å². The number of hydrogen-bond donors (Lipinski definition) is 0. The van der Waals surface area contributed by atoms with Gasteiger partial charge in [0, 0.05) is 33.4 Å². The molecule has 0 aromatic carbocycles. The van der Waals surface area contributed by atoms with Crippen LogP contribution in [-0.2, 0) is 19.0 Å². The van der Waals surface area contributed by atoms with E-state index in [9.17, 15) is 4.79 Å². The Balaban J connectivity index is 2.27. The number of carbonyl (C=O) groups is 1. The molecule has 1 aliphatic heterocycles. The third kappa shape index (κ3) is 6.00. The maximum Gasteiger partial charge on any atom is 0.306 e. The Morgan fingerprint density at radius 3 is 2.82 bits per heavy atom. The molecular weight excluding hydrogens is 222 g/mol. The van der Waals surface area contributed by atoms with Gasteiger partial charge in [0.1, 0.15) is 0 Å². The summed E-state index contributed by atoms with van der Waals surface area (Å²) in [5.74, 6) is 0.430. The first kappa shape index (κ1) is 14.4. The van der Waals surface area contributed by atoms with Gasteiger partial charge in [0.25, 0.3) is 0 Å². The van der Waals surface area contributed by atoms with E-state index in [1.807, 2.05) is 0 Å². The van der Waals surface area contributed by atoms with Gasteiger partial charge in [0.2, 0.25) is 0 Å². The highest BCUT2D eigenvalue weighted by atomic mass is 16.5. The predicted molar refractivity (Wildman–Crippen MR) is 63.9 cm³/mol. The van der Waals surface area contributed by atoms with Gasteiger partial charge in [-0.25, -0.2) is 0 Å². The van der Waals surface area contributed by atoms with E-state index >= 15 is 0 Å². The van der Waals surface area contributed by atoms with Crippen molar-refractivity contribution in [1.82, 2.24) is 4.90 Å². The van der Waals surface area contributed by atoms with Gasteiger partial charge in [-0.3, -0.25) is 4.79 Å². The molecule has 1 aliphatic rings. The topological polar surface area (TPSA) is 48.0 Å². The molecule has 0 aromatic heterocycles. The fourth-order valence-corrected chi connectivity index (χ4v) is 1.96. The first-order chi connectivity index (χ1) is 8.26. The van der Waals surface area contributed by atoms with Crippen LogP contribution in [0, 0.1) is 5.92 Å². The molecule has 0 spiro atoms. The van der Waals surface area contributed by atoms with E-state index in [0.717, 1.165) is 39.3 Å². The van der Waals surface area contributed by atoms with E-state index in [1.54, 1.807) is 7.11 Å². The largest absolute Gasteiger partial charge is 0.469 e. The molecule has 1 atom stereocenters. The minimum atomic E-state index is -0.157. The highest BCUT2D eigenvalue weighted by Gasteiger charge is 2.19. The van der Waals surface area contributed by atoms with Crippen molar-refractivity contribution in [2.24, 2.45) is 5.92 Å². The lowest BCUT2D eigenvalue weighted by Gasteiger charge is -2.24. The summed E-state index contributed by atoms with van der Waals surface area (Å²) in [6.45, 7) is 4.94. The third-order valence-electron chi connectivity index (χ3n) is 3.01. The van der Waals surface area contributed by atoms with Crippen LogP contribution in [-0.4, -0.2) is 64.5 Å². The second-order valence-corrected chi connectivity index (χ2v) is 4.35. The molecule has 0 aliphatic carbocycles. The summed E-state index contributed by atoms with van der Waals surface area (Å²) in [4.78, 5) is 13.4. The number of ether oxygens (including phenoxy) is 3. The number of esters is 1. The average Bonchev–Trinajstić information content (AvgIpc) is 2.84. The zero-order valence-corrected chi connectivity index (χ0v) is 10.8. The molecule has 1 rings (SSSR count). The number of hydrogen-bond acceptors (Lipinski definition) is 5. The number of rotatable bonds is 8. The molecule has 5 heteroatoms. The number of nitrogens with zero attached hydrogens (tertiary/aromatic N) is 1. The van der Waals surface area contributed by atoms with Crippen molar-refractivity contribution in [1.29, 1.82) is 0 Å². The molecule has 0 N–H and O–H groups in total. The third-order valence-corrected chi connectivity index (χ3v) is 3.01. The van der Waals surface area contributed by atoms with Gasteiger partial charge in [0.05, 0.1) is 26.7 Å².